The molecule has 1 heterocycles. The van der Waals surface area contributed by atoms with Gasteiger partial charge in [0.2, 0.25) is 5.91 Å². The van der Waals surface area contributed by atoms with Gasteiger partial charge in [-0.3, -0.25) is 9.59 Å². The number of hydrogen-bond acceptors (Lipinski definition) is 2. The zero-order valence-corrected chi connectivity index (χ0v) is 12.2. The van der Waals surface area contributed by atoms with Gasteiger partial charge in [-0.2, -0.15) is 0 Å². The van der Waals surface area contributed by atoms with Gasteiger partial charge in [0.25, 0.3) is 0 Å². The number of carboxylic acids is 1. The summed E-state index contributed by atoms with van der Waals surface area (Å²) in [5.41, 5.74) is 3.27. The molecule has 2 unspecified atom stereocenters. The van der Waals surface area contributed by atoms with Crippen LogP contribution in [0.1, 0.15) is 23.6 Å². The SMILES string of the molecule is Cc1ccc(C)c(CC(=O)N2CC(C)C(C(=O)O)C2)c1. The predicted molar refractivity (Wildman–Crippen MR) is 76.5 cm³/mol. The van der Waals surface area contributed by atoms with E-state index in [2.05, 4.69) is 0 Å². The third-order valence-electron chi connectivity index (χ3n) is 4.13. The fraction of sp³-hybridized carbons (Fsp3) is 0.500. The highest BCUT2D eigenvalue weighted by atomic mass is 16.4. The Balaban J connectivity index is 2.06. The van der Waals surface area contributed by atoms with Crippen LogP contribution in [0.5, 0.6) is 0 Å². The Morgan fingerprint density at radius 2 is 2.00 bits per heavy atom. The molecule has 1 fully saturated rings. The molecule has 0 aliphatic carbocycles. The van der Waals surface area contributed by atoms with E-state index in [0.29, 0.717) is 19.5 Å². The molecule has 0 spiro atoms. The number of amides is 1. The van der Waals surface area contributed by atoms with Gasteiger partial charge in [0.05, 0.1) is 12.3 Å². The first kappa shape index (κ1) is 14.6. The second-order valence-corrected chi connectivity index (χ2v) is 5.83. The molecule has 0 aromatic heterocycles. The summed E-state index contributed by atoms with van der Waals surface area (Å²) >= 11 is 0. The van der Waals surface area contributed by atoms with Gasteiger partial charge in [-0.1, -0.05) is 30.7 Å². The van der Waals surface area contributed by atoms with Gasteiger partial charge in [0.15, 0.2) is 0 Å². The van der Waals surface area contributed by atoms with Crippen LogP contribution in [0.15, 0.2) is 18.2 Å². The molecule has 0 radical (unpaired) electrons. The summed E-state index contributed by atoms with van der Waals surface area (Å²) < 4.78 is 0. The lowest BCUT2D eigenvalue weighted by Crippen LogP contribution is -2.31. The van der Waals surface area contributed by atoms with Crippen LogP contribution in [-0.4, -0.2) is 35.0 Å². The lowest BCUT2D eigenvalue weighted by molar-refractivity contribution is -0.142. The van der Waals surface area contributed by atoms with Crippen molar-refractivity contribution in [3.8, 4) is 0 Å². The fourth-order valence-electron chi connectivity index (χ4n) is 2.76. The van der Waals surface area contributed by atoms with Crippen LogP contribution >= 0.6 is 0 Å². The first-order valence-electron chi connectivity index (χ1n) is 6.95. The Morgan fingerprint density at radius 3 is 2.60 bits per heavy atom. The molecule has 1 aliphatic heterocycles. The summed E-state index contributed by atoms with van der Waals surface area (Å²) in [7, 11) is 0. The number of hydrogen-bond donors (Lipinski definition) is 1. The van der Waals surface area contributed by atoms with Crippen molar-refractivity contribution in [3.63, 3.8) is 0 Å². The van der Waals surface area contributed by atoms with E-state index in [1.54, 1.807) is 4.90 Å². The maximum Gasteiger partial charge on any atom is 0.308 e. The van der Waals surface area contributed by atoms with Crippen molar-refractivity contribution in [3.05, 3.63) is 34.9 Å². The molecule has 1 aliphatic rings. The fourth-order valence-corrected chi connectivity index (χ4v) is 2.76. The molecule has 1 N–H and O–H groups in total. The van der Waals surface area contributed by atoms with Gasteiger partial charge in [0.1, 0.15) is 0 Å². The average molecular weight is 275 g/mol. The van der Waals surface area contributed by atoms with Gasteiger partial charge in [-0.05, 0) is 30.9 Å². The molecule has 1 saturated heterocycles. The Bertz CT molecular complexity index is 539. The van der Waals surface area contributed by atoms with Crippen LogP contribution in [0.3, 0.4) is 0 Å². The van der Waals surface area contributed by atoms with Crippen LogP contribution in [0, 0.1) is 25.7 Å². The maximum atomic E-state index is 12.3. The maximum absolute atomic E-state index is 12.3. The van der Waals surface area contributed by atoms with E-state index in [1.165, 1.54) is 0 Å². The molecule has 1 aromatic carbocycles. The summed E-state index contributed by atoms with van der Waals surface area (Å²) in [5.74, 6) is -1.19. The molecular formula is C16H21NO3. The van der Waals surface area contributed by atoms with Crippen molar-refractivity contribution >= 4 is 11.9 Å². The Hall–Kier alpha value is -1.84. The molecule has 4 nitrogen and oxygen atoms in total. The van der Waals surface area contributed by atoms with E-state index >= 15 is 0 Å². The predicted octanol–water partition coefficient (Wildman–Crippen LogP) is 2.03. The minimum atomic E-state index is -0.806. The highest BCUT2D eigenvalue weighted by Gasteiger charge is 2.36. The zero-order valence-electron chi connectivity index (χ0n) is 12.2. The zero-order chi connectivity index (χ0) is 14.9. The first-order valence-corrected chi connectivity index (χ1v) is 6.95. The van der Waals surface area contributed by atoms with E-state index in [0.717, 1.165) is 16.7 Å². The number of carboxylic acid groups (broad SMARTS) is 1. The molecule has 0 saturated carbocycles. The number of rotatable bonds is 3. The molecule has 4 heteroatoms. The number of likely N-dealkylation sites (tertiary alicyclic amines) is 1. The van der Waals surface area contributed by atoms with Gasteiger partial charge >= 0.3 is 5.97 Å². The van der Waals surface area contributed by atoms with Gasteiger partial charge in [-0.25, -0.2) is 0 Å². The van der Waals surface area contributed by atoms with Crippen LogP contribution < -0.4 is 0 Å². The summed E-state index contributed by atoms with van der Waals surface area (Å²) in [6, 6.07) is 6.08. The number of aliphatic carboxylic acids is 1. The first-order chi connectivity index (χ1) is 9.38. The lowest BCUT2D eigenvalue weighted by atomic mass is 9.99. The van der Waals surface area contributed by atoms with Gasteiger partial charge in [0, 0.05) is 13.1 Å². The molecule has 1 amide bonds. The van der Waals surface area contributed by atoms with Crippen molar-refractivity contribution in [2.45, 2.75) is 27.2 Å². The summed E-state index contributed by atoms with van der Waals surface area (Å²) in [6.45, 7) is 6.77. The van der Waals surface area contributed by atoms with Crippen molar-refractivity contribution in [2.75, 3.05) is 13.1 Å². The Labute approximate surface area is 119 Å². The standard InChI is InChI=1S/C16H21NO3/c1-10-4-5-11(2)13(6-10)7-15(18)17-8-12(3)14(9-17)16(19)20/h4-6,12,14H,7-9H2,1-3H3,(H,19,20). The Morgan fingerprint density at radius 1 is 1.30 bits per heavy atom. The van der Waals surface area contributed by atoms with Crippen LogP contribution in [0.25, 0.3) is 0 Å². The van der Waals surface area contributed by atoms with Crippen molar-refractivity contribution in [1.29, 1.82) is 0 Å². The molecule has 108 valence electrons. The second-order valence-electron chi connectivity index (χ2n) is 5.83. The number of benzene rings is 1. The summed E-state index contributed by atoms with van der Waals surface area (Å²) in [5, 5.41) is 9.12. The van der Waals surface area contributed by atoms with Crippen LogP contribution in [0.2, 0.25) is 0 Å². The van der Waals surface area contributed by atoms with E-state index in [1.807, 2.05) is 39.0 Å². The normalized spacial score (nSPS) is 22.1. The minimum Gasteiger partial charge on any atom is -0.481 e. The van der Waals surface area contributed by atoms with E-state index in [4.69, 9.17) is 5.11 Å². The molecule has 2 atom stereocenters. The number of carbonyl (C=O) groups excluding carboxylic acids is 1. The molecule has 20 heavy (non-hydrogen) atoms. The van der Waals surface area contributed by atoms with Gasteiger partial charge in [-0.15, -0.1) is 0 Å². The number of carbonyl (C=O) groups is 2. The van der Waals surface area contributed by atoms with E-state index in [9.17, 15) is 9.59 Å². The van der Waals surface area contributed by atoms with Crippen molar-refractivity contribution < 1.29 is 14.7 Å². The lowest BCUT2D eigenvalue weighted by Gasteiger charge is -2.17. The second kappa shape index (κ2) is 5.65. The van der Waals surface area contributed by atoms with E-state index in [-0.39, 0.29) is 11.8 Å². The summed E-state index contributed by atoms with van der Waals surface area (Å²) in [4.78, 5) is 25.1. The van der Waals surface area contributed by atoms with Crippen molar-refractivity contribution in [1.82, 2.24) is 4.90 Å². The topological polar surface area (TPSA) is 57.6 Å². The van der Waals surface area contributed by atoms with Crippen LogP contribution in [-0.2, 0) is 16.0 Å². The van der Waals surface area contributed by atoms with Gasteiger partial charge < -0.3 is 10.0 Å². The average Bonchev–Trinajstić information content (AvgIpc) is 2.76. The molecule has 1 aromatic rings. The largest absolute Gasteiger partial charge is 0.481 e. The molecule has 2 rings (SSSR count). The Kier molecular flexibility index (Phi) is 4.12. The highest BCUT2D eigenvalue weighted by Crippen LogP contribution is 2.24. The number of nitrogens with zero attached hydrogens (tertiary/aromatic N) is 1. The van der Waals surface area contributed by atoms with Crippen molar-refractivity contribution in [2.24, 2.45) is 11.8 Å². The quantitative estimate of drug-likeness (QED) is 0.918. The molecule has 0 bridgehead atoms. The van der Waals surface area contributed by atoms with E-state index < -0.39 is 11.9 Å². The monoisotopic (exact) mass is 275 g/mol. The number of aryl methyl sites for hydroxylation is 2. The summed E-state index contributed by atoms with van der Waals surface area (Å²) in [6.07, 6.45) is 0.354. The highest BCUT2D eigenvalue weighted by molar-refractivity contribution is 5.81. The van der Waals surface area contributed by atoms with Crippen LogP contribution in [0.4, 0.5) is 0 Å². The smallest absolute Gasteiger partial charge is 0.308 e. The third kappa shape index (κ3) is 3.00. The molecular weight excluding hydrogens is 254 g/mol. The minimum absolute atomic E-state index is 0.0225. The third-order valence-corrected chi connectivity index (χ3v) is 4.13.